The summed E-state index contributed by atoms with van der Waals surface area (Å²) >= 11 is 5.91. The van der Waals surface area contributed by atoms with Crippen molar-refractivity contribution in [3.63, 3.8) is 0 Å². The molecule has 0 aliphatic carbocycles. The van der Waals surface area contributed by atoms with Gasteiger partial charge < -0.3 is 20.8 Å². The van der Waals surface area contributed by atoms with Gasteiger partial charge >= 0.3 is 5.69 Å². The van der Waals surface area contributed by atoms with Crippen LogP contribution >= 0.6 is 11.6 Å². The fourth-order valence-electron chi connectivity index (χ4n) is 1.96. The number of anilines is 1. The predicted octanol–water partition coefficient (Wildman–Crippen LogP) is 0.805. The van der Waals surface area contributed by atoms with Gasteiger partial charge in [-0.05, 0) is 31.5 Å². The van der Waals surface area contributed by atoms with E-state index in [2.05, 4.69) is 10.3 Å². The van der Waals surface area contributed by atoms with E-state index in [1.54, 1.807) is 19.1 Å². The number of aromatic nitrogens is 2. The average Bonchev–Trinajstić information content (AvgIpc) is 2.51. The first-order valence-electron chi connectivity index (χ1n) is 7.10. The summed E-state index contributed by atoms with van der Waals surface area (Å²) in [4.78, 5) is 38.9. The van der Waals surface area contributed by atoms with E-state index in [4.69, 9.17) is 22.1 Å². The molecule has 0 spiro atoms. The Balaban J connectivity index is 2.03. The highest BCUT2D eigenvalue weighted by molar-refractivity contribution is 6.30. The summed E-state index contributed by atoms with van der Waals surface area (Å²) in [6, 6.07) is 4.85. The van der Waals surface area contributed by atoms with Gasteiger partial charge in [-0.2, -0.15) is 0 Å². The van der Waals surface area contributed by atoms with Gasteiger partial charge in [0.1, 0.15) is 23.7 Å². The number of carbonyl (C=O) groups is 1. The normalized spacial score (nSPS) is 11.8. The van der Waals surface area contributed by atoms with Crippen LogP contribution in [0.25, 0.3) is 0 Å². The quantitative estimate of drug-likeness (QED) is 0.632. The number of benzene rings is 1. The fourth-order valence-corrected chi connectivity index (χ4v) is 2.12. The van der Waals surface area contributed by atoms with Crippen molar-refractivity contribution in [2.75, 3.05) is 12.3 Å². The van der Waals surface area contributed by atoms with Crippen LogP contribution in [0.5, 0.6) is 5.75 Å². The van der Waals surface area contributed by atoms with Crippen LogP contribution in [-0.4, -0.2) is 28.5 Å². The van der Waals surface area contributed by atoms with E-state index in [1.165, 1.54) is 0 Å². The standard InChI is InChI=1S/C15H17ClN4O4/c1-7-3-4-9(16)5-10(7)24-6-8(2)18-14(22)12-11(17)13(21)20-15(23)19-12/h3-5,8H,6,17H2,1-2H3,(H,18,22)(H2,19,20,21,23). The second-order valence-corrected chi connectivity index (χ2v) is 5.73. The van der Waals surface area contributed by atoms with Crippen LogP contribution in [0.3, 0.4) is 0 Å². The van der Waals surface area contributed by atoms with Gasteiger partial charge in [-0.1, -0.05) is 17.7 Å². The lowest BCUT2D eigenvalue weighted by Crippen LogP contribution is -2.40. The molecular formula is C15H17ClN4O4. The molecule has 0 bridgehead atoms. The summed E-state index contributed by atoms with van der Waals surface area (Å²) in [5.41, 5.74) is 4.15. The molecule has 2 rings (SSSR count). The van der Waals surface area contributed by atoms with Gasteiger partial charge in [0.2, 0.25) is 0 Å². The van der Waals surface area contributed by atoms with Crippen molar-refractivity contribution < 1.29 is 9.53 Å². The van der Waals surface area contributed by atoms with Crippen molar-refractivity contribution in [3.05, 3.63) is 55.3 Å². The van der Waals surface area contributed by atoms with Crippen LogP contribution in [-0.2, 0) is 0 Å². The van der Waals surface area contributed by atoms with Crippen molar-refractivity contribution in [1.82, 2.24) is 15.3 Å². The topological polar surface area (TPSA) is 130 Å². The third kappa shape index (κ3) is 4.17. The van der Waals surface area contributed by atoms with Gasteiger partial charge in [-0.25, -0.2) is 4.79 Å². The first-order chi connectivity index (χ1) is 11.3. The molecule has 0 aliphatic heterocycles. The van der Waals surface area contributed by atoms with Crippen LogP contribution in [0.15, 0.2) is 27.8 Å². The van der Waals surface area contributed by atoms with E-state index in [0.717, 1.165) is 5.56 Å². The van der Waals surface area contributed by atoms with Crippen LogP contribution in [0, 0.1) is 6.92 Å². The number of hydrogen-bond acceptors (Lipinski definition) is 5. The highest BCUT2D eigenvalue weighted by atomic mass is 35.5. The zero-order chi connectivity index (χ0) is 17.9. The van der Waals surface area contributed by atoms with Crippen molar-refractivity contribution in [2.45, 2.75) is 19.9 Å². The summed E-state index contributed by atoms with van der Waals surface area (Å²) in [5.74, 6) is -0.0673. The van der Waals surface area contributed by atoms with Crippen LogP contribution in [0.2, 0.25) is 5.02 Å². The molecule has 8 nitrogen and oxygen atoms in total. The number of rotatable bonds is 5. The molecule has 5 N–H and O–H groups in total. The smallest absolute Gasteiger partial charge is 0.326 e. The zero-order valence-electron chi connectivity index (χ0n) is 13.1. The number of nitrogens with two attached hydrogens (primary N) is 1. The maximum absolute atomic E-state index is 12.1. The Morgan fingerprint density at radius 2 is 2.08 bits per heavy atom. The largest absolute Gasteiger partial charge is 0.491 e. The molecule has 0 fully saturated rings. The third-order valence-corrected chi connectivity index (χ3v) is 3.46. The number of hydrogen-bond donors (Lipinski definition) is 4. The van der Waals surface area contributed by atoms with Gasteiger partial charge in [-0.3, -0.25) is 14.6 Å². The Bertz CT molecular complexity index is 875. The van der Waals surface area contributed by atoms with E-state index in [-0.39, 0.29) is 18.0 Å². The number of ether oxygens (including phenoxy) is 1. The van der Waals surface area contributed by atoms with Gasteiger partial charge in [0.25, 0.3) is 11.5 Å². The molecule has 9 heteroatoms. The van der Waals surface area contributed by atoms with Gasteiger partial charge in [0.15, 0.2) is 0 Å². The highest BCUT2D eigenvalue weighted by Crippen LogP contribution is 2.22. The van der Waals surface area contributed by atoms with Crippen LogP contribution in [0.4, 0.5) is 5.69 Å². The van der Waals surface area contributed by atoms with E-state index in [9.17, 15) is 14.4 Å². The molecule has 1 amide bonds. The molecule has 1 unspecified atom stereocenters. The SMILES string of the molecule is Cc1ccc(Cl)cc1OCC(C)NC(=O)c1[nH]c(=O)[nH]c(=O)c1N. The lowest BCUT2D eigenvalue weighted by molar-refractivity contribution is 0.0922. The van der Waals surface area contributed by atoms with Gasteiger partial charge in [0.05, 0.1) is 6.04 Å². The number of nitrogen functional groups attached to an aromatic ring is 1. The van der Waals surface area contributed by atoms with Crippen molar-refractivity contribution in [1.29, 1.82) is 0 Å². The molecule has 128 valence electrons. The molecule has 0 aliphatic rings. The number of aromatic amines is 2. The minimum atomic E-state index is -0.817. The minimum Gasteiger partial charge on any atom is -0.491 e. The van der Waals surface area contributed by atoms with Crippen molar-refractivity contribution in [2.24, 2.45) is 0 Å². The molecule has 0 saturated carbocycles. The van der Waals surface area contributed by atoms with E-state index >= 15 is 0 Å². The van der Waals surface area contributed by atoms with Crippen LogP contribution < -0.4 is 27.0 Å². The zero-order valence-corrected chi connectivity index (χ0v) is 13.9. The highest BCUT2D eigenvalue weighted by Gasteiger charge is 2.16. The molecular weight excluding hydrogens is 336 g/mol. The maximum atomic E-state index is 12.1. The number of nitrogens with one attached hydrogen (secondary N) is 3. The molecule has 1 atom stereocenters. The van der Waals surface area contributed by atoms with E-state index in [1.807, 2.05) is 18.0 Å². The summed E-state index contributed by atoms with van der Waals surface area (Å²) in [6.07, 6.45) is 0. The Hall–Kier alpha value is -2.74. The second-order valence-electron chi connectivity index (χ2n) is 5.29. The summed E-state index contributed by atoms with van der Waals surface area (Å²) in [6.45, 7) is 3.75. The minimum absolute atomic E-state index is 0.167. The third-order valence-electron chi connectivity index (χ3n) is 3.22. The lowest BCUT2D eigenvalue weighted by Gasteiger charge is -2.16. The monoisotopic (exact) mass is 352 g/mol. The molecule has 0 radical (unpaired) electrons. The molecule has 1 heterocycles. The molecule has 24 heavy (non-hydrogen) atoms. The summed E-state index contributed by atoms with van der Waals surface area (Å²) in [7, 11) is 0. The Kier molecular flexibility index (Phi) is 5.30. The Morgan fingerprint density at radius 3 is 2.79 bits per heavy atom. The molecule has 0 saturated heterocycles. The molecule has 1 aromatic carbocycles. The summed E-state index contributed by atoms with van der Waals surface area (Å²) < 4.78 is 5.62. The van der Waals surface area contributed by atoms with Crippen molar-refractivity contribution in [3.8, 4) is 5.75 Å². The number of H-pyrrole nitrogens is 2. The summed E-state index contributed by atoms with van der Waals surface area (Å²) in [5, 5.41) is 3.14. The van der Waals surface area contributed by atoms with Gasteiger partial charge in [0, 0.05) is 5.02 Å². The number of aryl methyl sites for hydroxylation is 1. The second kappa shape index (κ2) is 7.22. The maximum Gasteiger partial charge on any atom is 0.326 e. The number of carbonyl (C=O) groups excluding carboxylic acids is 1. The number of amides is 1. The molecule has 1 aromatic heterocycles. The first-order valence-corrected chi connectivity index (χ1v) is 7.47. The lowest BCUT2D eigenvalue weighted by atomic mass is 10.2. The van der Waals surface area contributed by atoms with E-state index in [0.29, 0.717) is 10.8 Å². The number of halogens is 1. The van der Waals surface area contributed by atoms with Crippen LogP contribution in [0.1, 0.15) is 23.0 Å². The average molecular weight is 353 g/mol. The first kappa shape index (κ1) is 17.6. The Morgan fingerprint density at radius 1 is 1.38 bits per heavy atom. The Labute approximate surface area is 142 Å². The fraction of sp³-hybridized carbons (Fsp3) is 0.267. The van der Waals surface area contributed by atoms with Gasteiger partial charge in [-0.15, -0.1) is 0 Å². The predicted molar refractivity (Wildman–Crippen MR) is 90.7 cm³/mol. The van der Waals surface area contributed by atoms with E-state index < -0.39 is 23.2 Å². The van der Waals surface area contributed by atoms with Crippen molar-refractivity contribution >= 4 is 23.2 Å². The molecule has 2 aromatic rings.